The van der Waals surface area contributed by atoms with Crippen molar-refractivity contribution in [2.45, 2.75) is 38.8 Å². The fourth-order valence-electron chi connectivity index (χ4n) is 3.73. The third-order valence-corrected chi connectivity index (χ3v) is 5.53. The molecular formula is C21H26N6O. The summed E-state index contributed by atoms with van der Waals surface area (Å²) in [4.78, 5) is 27.2. The number of hydrogen-bond donors (Lipinski definition) is 3. The van der Waals surface area contributed by atoms with Gasteiger partial charge in [0.25, 0.3) is 0 Å². The zero-order chi connectivity index (χ0) is 19.7. The normalized spacial score (nSPS) is 20.2. The lowest BCUT2D eigenvalue weighted by molar-refractivity contribution is 0.153. The van der Waals surface area contributed by atoms with Crippen LogP contribution in [0.4, 0.5) is 10.5 Å². The van der Waals surface area contributed by atoms with Crippen molar-refractivity contribution < 1.29 is 4.79 Å². The molecule has 0 bridgehead atoms. The van der Waals surface area contributed by atoms with Gasteiger partial charge in [-0.25, -0.2) is 9.78 Å². The first-order valence-corrected chi connectivity index (χ1v) is 9.65. The third-order valence-electron chi connectivity index (χ3n) is 5.53. The number of aromatic nitrogens is 3. The number of likely N-dealkylation sites (tertiary alicyclic amines) is 1. The molecule has 3 N–H and O–H groups in total. The summed E-state index contributed by atoms with van der Waals surface area (Å²) in [5, 5.41) is 6.00. The molecule has 3 aromatic rings. The van der Waals surface area contributed by atoms with Crippen LogP contribution < -0.4 is 10.6 Å². The molecule has 1 aliphatic rings. The first-order chi connectivity index (χ1) is 13.5. The largest absolute Gasteiger partial charge is 0.341 e. The van der Waals surface area contributed by atoms with Gasteiger partial charge in [-0.15, -0.1) is 0 Å². The molecule has 1 saturated heterocycles. The number of rotatable bonds is 3. The number of nitrogens with zero attached hydrogens (tertiary/aromatic N) is 3. The fourth-order valence-corrected chi connectivity index (χ4v) is 3.73. The minimum atomic E-state index is -0.192. The maximum absolute atomic E-state index is 12.5. The van der Waals surface area contributed by atoms with E-state index in [-0.39, 0.29) is 18.1 Å². The quantitative estimate of drug-likeness (QED) is 0.651. The summed E-state index contributed by atoms with van der Waals surface area (Å²) in [6, 6.07) is 10.0. The SMILES string of the molecule is Cc1cc(NC(=O)N[C@@H]2CCN(C)[C@@H](c3nc4ccccc4[nH]3)C2)cnc1C. The number of urea groups is 1. The number of benzene rings is 1. The van der Waals surface area contributed by atoms with Crippen molar-refractivity contribution in [3.8, 4) is 0 Å². The van der Waals surface area contributed by atoms with Crippen LogP contribution in [-0.2, 0) is 0 Å². The minimum Gasteiger partial charge on any atom is -0.341 e. The monoisotopic (exact) mass is 378 g/mol. The molecule has 2 atom stereocenters. The standard InChI is InChI=1S/C21H26N6O/c1-13-10-16(12-22-14(13)2)24-21(28)23-15-8-9-27(3)19(11-15)20-25-17-6-4-5-7-18(17)26-20/h4-7,10,12,15,19H,8-9,11H2,1-3H3,(H,25,26)(H2,23,24,28)/t15-,19-/m1/s1. The predicted octanol–water partition coefficient (Wildman–Crippen LogP) is 3.53. The Kier molecular flexibility index (Phi) is 5.00. The van der Waals surface area contributed by atoms with Crippen LogP contribution in [0.1, 0.15) is 36.0 Å². The Morgan fingerprint density at radius 3 is 2.89 bits per heavy atom. The van der Waals surface area contributed by atoms with E-state index in [1.165, 1.54) is 0 Å². The summed E-state index contributed by atoms with van der Waals surface area (Å²) >= 11 is 0. The molecule has 28 heavy (non-hydrogen) atoms. The molecule has 1 aliphatic heterocycles. The fraction of sp³-hybridized carbons (Fsp3) is 0.381. The predicted molar refractivity (Wildman–Crippen MR) is 110 cm³/mol. The summed E-state index contributed by atoms with van der Waals surface area (Å²) in [5.41, 5.74) is 4.75. The van der Waals surface area contributed by atoms with Crippen molar-refractivity contribution in [3.63, 3.8) is 0 Å². The van der Waals surface area contributed by atoms with Gasteiger partial charge < -0.3 is 15.6 Å². The van der Waals surface area contributed by atoms with E-state index in [1.54, 1.807) is 6.20 Å². The van der Waals surface area contributed by atoms with Gasteiger partial charge in [0.05, 0.1) is 29.0 Å². The Morgan fingerprint density at radius 1 is 1.29 bits per heavy atom. The maximum atomic E-state index is 12.5. The molecule has 0 saturated carbocycles. The molecule has 2 amide bonds. The molecule has 0 aliphatic carbocycles. The number of anilines is 1. The zero-order valence-electron chi connectivity index (χ0n) is 16.5. The summed E-state index contributed by atoms with van der Waals surface area (Å²) in [5.74, 6) is 0.953. The van der Waals surface area contributed by atoms with Crippen molar-refractivity contribution >= 4 is 22.8 Å². The van der Waals surface area contributed by atoms with E-state index >= 15 is 0 Å². The van der Waals surface area contributed by atoms with Crippen LogP contribution in [0.25, 0.3) is 11.0 Å². The number of H-pyrrole nitrogens is 1. The number of carbonyl (C=O) groups is 1. The molecular weight excluding hydrogens is 352 g/mol. The summed E-state index contributed by atoms with van der Waals surface area (Å²) in [6.45, 7) is 4.84. The van der Waals surface area contributed by atoms with Gasteiger partial charge in [0, 0.05) is 18.3 Å². The van der Waals surface area contributed by atoms with Crippen molar-refractivity contribution in [1.29, 1.82) is 0 Å². The maximum Gasteiger partial charge on any atom is 0.319 e. The van der Waals surface area contributed by atoms with Crippen LogP contribution >= 0.6 is 0 Å². The molecule has 3 heterocycles. The number of fused-ring (bicyclic) bond motifs is 1. The number of imidazole rings is 1. The van der Waals surface area contributed by atoms with E-state index < -0.39 is 0 Å². The van der Waals surface area contributed by atoms with Gasteiger partial charge in [0.15, 0.2) is 0 Å². The molecule has 1 fully saturated rings. The van der Waals surface area contributed by atoms with E-state index in [0.717, 1.165) is 47.5 Å². The van der Waals surface area contributed by atoms with E-state index in [2.05, 4.69) is 32.5 Å². The van der Waals surface area contributed by atoms with Crippen molar-refractivity contribution in [2.24, 2.45) is 0 Å². The lowest BCUT2D eigenvalue weighted by Crippen LogP contribution is -2.46. The molecule has 7 nitrogen and oxygen atoms in total. The Bertz CT molecular complexity index is 964. The van der Waals surface area contributed by atoms with Gasteiger partial charge in [-0.3, -0.25) is 9.88 Å². The molecule has 7 heteroatoms. The van der Waals surface area contributed by atoms with Crippen molar-refractivity contribution in [3.05, 3.63) is 53.6 Å². The Labute approximate surface area is 164 Å². The number of hydrogen-bond acceptors (Lipinski definition) is 4. The van der Waals surface area contributed by atoms with Crippen LogP contribution in [0.5, 0.6) is 0 Å². The summed E-state index contributed by atoms with van der Waals surface area (Å²) < 4.78 is 0. The number of para-hydroxylation sites is 2. The molecule has 0 unspecified atom stereocenters. The number of aryl methyl sites for hydroxylation is 2. The van der Waals surface area contributed by atoms with Crippen LogP contribution in [-0.4, -0.2) is 45.5 Å². The Balaban J connectivity index is 1.42. The second-order valence-corrected chi connectivity index (χ2v) is 7.58. The van der Waals surface area contributed by atoms with Crippen LogP contribution in [0.2, 0.25) is 0 Å². The van der Waals surface area contributed by atoms with Gasteiger partial charge in [0.1, 0.15) is 5.82 Å². The van der Waals surface area contributed by atoms with E-state index in [1.807, 2.05) is 44.2 Å². The zero-order valence-corrected chi connectivity index (χ0v) is 16.5. The van der Waals surface area contributed by atoms with Gasteiger partial charge in [0.2, 0.25) is 0 Å². The first kappa shape index (κ1) is 18.4. The number of aromatic amines is 1. The van der Waals surface area contributed by atoms with Crippen molar-refractivity contribution in [1.82, 2.24) is 25.2 Å². The molecule has 4 rings (SSSR count). The summed E-state index contributed by atoms with van der Waals surface area (Å²) in [6.07, 6.45) is 3.41. The smallest absolute Gasteiger partial charge is 0.319 e. The molecule has 0 radical (unpaired) electrons. The van der Waals surface area contributed by atoms with Gasteiger partial charge >= 0.3 is 6.03 Å². The molecule has 0 spiro atoms. The summed E-state index contributed by atoms with van der Waals surface area (Å²) in [7, 11) is 2.11. The number of piperidine rings is 1. The second-order valence-electron chi connectivity index (χ2n) is 7.58. The first-order valence-electron chi connectivity index (χ1n) is 9.65. The molecule has 146 valence electrons. The van der Waals surface area contributed by atoms with E-state index in [4.69, 9.17) is 4.98 Å². The lowest BCUT2D eigenvalue weighted by atomic mass is 9.97. The highest BCUT2D eigenvalue weighted by atomic mass is 16.2. The third kappa shape index (κ3) is 3.84. The topological polar surface area (TPSA) is 85.9 Å². The number of nitrogens with one attached hydrogen (secondary N) is 3. The van der Waals surface area contributed by atoms with Gasteiger partial charge in [-0.05, 0) is 57.5 Å². The van der Waals surface area contributed by atoms with Gasteiger partial charge in [-0.2, -0.15) is 0 Å². The van der Waals surface area contributed by atoms with Crippen molar-refractivity contribution in [2.75, 3.05) is 18.9 Å². The van der Waals surface area contributed by atoms with Crippen LogP contribution in [0.3, 0.4) is 0 Å². The highest BCUT2D eigenvalue weighted by Crippen LogP contribution is 2.29. The highest BCUT2D eigenvalue weighted by molar-refractivity contribution is 5.89. The highest BCUT2D eigenvalue weighted by Gasteiger charge is 2.30. The van der Waals surface area contributed by atoms with Crippen LogP contribution in [0, 0.1) is 13.8 Å². The van der Waals surface area contributed by atoms with E-state index in [9.17, 15) is 4.79 Å². The number of pyridine rings is 1. The lowest BCUT2D eigenvalue weighted by Gasteiger charge is -2.36. The molecule has 1 aromatic carbocycles. The average molecular weight is 378 g/mol. The van der Waals surface area contributed by atoms with Crippen LogP contribution in [0.15, 0.2) is 36.5 Å². The Hall–Kier alpha value is -2.93. The molecule has 2 aromatic heterocycles. The number of carbonyl (C=O) groups excluding carboxylic acids is 1. The Morgan fingerprint density at radius 2 is 2.11 bits per heavy atom. The van der Waals surface area contributed by atoms with Gasteiger partial charge in [-0.1, -0.05) is 12.1 Å². The second kappa shape index (κ2) is 7.59. The average Bonchev–Trinajstić information content (AvgIpc) is 3.10. The number of amides is 2. The minimum absolute atomic E-state index is 0.0916. The van der Waals surface area contributed by atoms with E-state index in [0.29, 0.717) is 5.69 Å².